The van der Waals surface area contributed by atoms with E-state index in [-0.39, 0.29) is 0 Å². The molecule has 6 aromatic rings. The smallest absolute Gasteiger partial charge is 0.00331 e. The van der Waals surface area contributed by atoms with Crippen LogP contribution in [0.3, 0.4) is 0 Å². The van der Waals surface area contributed by atoms with Gasteiger partial charge in [-0.05, 0) is 209 Å². The fourth-order valence-electron chi connectivity index (χ4n) is 19.9. The van der Waals surface area contributed by atoms with Crippen LogP contribution >= 0.6 is 0 Å². The van der Waals surface area contributed by atoms with Crippen molar-refractivity contribution in [1.82, 2.24) is 0 Å². The van der Waals surface area contributed by atoms with Crippen molar-refractivity contribution in [3.8, 4) is 0 Å². The molecule has 17 aliphatic carbocycles. The maximum Gasteiger partial charge on any atom is 0.00331 e. The van der Waals surface area contributed by atoms with Gasteiger partial charge in [0.05, 0.1) is 0 Å². The van der Waals surface area contributed by atoms with Gasteiger partial charge in [-0.25, -0.2) is 0 Å². The van der Waals surface area contributed by atoms with Gasteiger partial charge >= 0.3 is 0 Å². The summed E-state index contributed by atoms with van der Waals surface area (Å²) in [4.78, 5) is 0. The topological polar surface area (TPSA) is 0 Å². The van der Waals surface area contributed by atoms with Crippen molar-refractivity contribution in [3.05, 3.63) is 234 Å². The summed E-state index contributed by atoms with van der Waals surface area (Å²) in [6.45, 7) is 0. The van der Waals surface area contributed by atoms with Crippen LogP contribution in [0.1, 0.15) is 216 Å². The van der Waals surface area contributed by atoms with E-state index < -0.39 is 0 Å². The second kappa shape index (κ2) is 12.4. The van der Waals surface area contributed by atoms with E-state index in [2.05, 4.69) is 134 Å². The van der Waals surface area contributed by atoms with Crippen molar-refractivity contribution in [2.24, 2.45) is 11.8 Å². The number of rotatable bonds is 0. The summed E-state index contributed by atoms with van der Waals surface area (Å²) in [5, 5.41) is 9.53. The predicted molar refractivity (Wildman–Crippen MR) is 286 cm³/mol. The Hall–Kier alpha value is -5.98. The number of hydrogen-bond donors (Lipinski definition) is 0. The van der Waals surface area contributed by atoms with Gasteiger partial charge in [-0.2, -0.15) is 0 Å². The van der Waals surface area contributed by atoms with E-state index in [1.165, 1.54) is 44.9 Å². The molecule has 0 amide bonds. The Morgan fingerprint density at radius 3 is 0.471 bits per heavy atom. The van der Waals surface area contributed by atoms with E-state index in [0.717, 1.165) is 102 Å². The molecule has 6 aromatic carbocycles. The van der Waals surface area contributed by atoms with Gasteiger partial charge in [-0.3, -0.25) is 0 Å². The zero-order chi connectivity index (χ0) is 44.6. The Morgan fingerprint density at radius 1 is 0.186 bits per heavy atom. The van der Waals surface area contributed by atoms with Gasteiger partial charge in [-0.15, -0.1) is 0 Å². The first-order chi connectivity index (χ1) is 34.6. The van der Waals surface area contributed by atoms with E-state index in [9.17, 15) is 0 Å². The highest BCUT2D eigenvalue weighted by atomic mass is 14.6. The lowest BCUT2D eigenvalue weighted by Crippen LogP contribution is -2.12. The zero-order valence-corrected chi connectivity index (χ0v) is 39.9. The van der Waals surface area contributed by atoms with Crippen molar-refractivity contribution < 1.29 is 0 Å². The number of benzene rings is 6. The van der Waals surface area contributed by atoms with Crippen LogP contribution in [0.2, 0.25) is 0 Å². The van der Waals surface area contributed by atoms with E-state index in [4.69, 9.17) is 0 Å². The molecular formula is C70H56. The summed E-state index contributed by atoms with van der Waals surface area (Å²) in [5.74, 6) is 10.5. The van der Waals surface area contributed by atoms with E-state index in [0.29, 0.717) is 0 Å². The van der Waals surface area contributed by atoms with Crippen molar-refractivity contribution in [2.45, 2.75) is 135 Å². The first kappa shape index (κ1) is 36.9. The SMILES string of the molecule is C1=CC2C=CC1C2.C1=C[C@H]2C[C@@H]1c1c3c(c4c(c12)[C@@H]1C=C[C@H]4C1)[C@@H]1C=C[C@H]3C1.C1=C[C@H]2C[C@H]3C=C[C@H]4C[C@H]5C=C[C@H]6C[C@@H]1c1c2c3c4c5c16.c1cc2c3c4c1Cc1ccc5c(c14)c1c(ccc(c31)C2)C5. The predicted octanol–water partition coefficient (Wildman–Crippen LogP) is 16.8. The van der Waals surface area contributed by atoms with Crippen LogP contribution in [-0.4, -0.2) is 0 Å². The molecule has 0 spiro atoms. The summed E-state index contributed by atoms with van der Waals surface area (Å²) in [7, 11) is 0. The Labute approximate surface area is 411 Å². The van der Waals surface area contributed by atoms with Crippen LogP contribution in [-0.2, 0) is 19.3 Å². The standard InChI is InChI=1S/C21H18.C21H12.C21H18.C7H8/c2*1-2-11-8-13-5-6-15-9-14-4-3-12-7-10(1)16-17(11)19(13)21(15)20(14)18(12)16;1-2-11-7-10(1)16-17(11)19-13-5-6-15(9-13)21(19)20-14-4-3-12(8-14)18(16)20;1-2-7-4-3-6(1)5-7/h1-6,10-15H,7-9H2;1-6H,7-9H2;1-6,10-15H,7-9H2;1-4,6-7H,5H2/t10-,11+,12+,13-,14-,15+;;10-,11+,12+,13-,14-,15+;. The maximum absolute atomic E-state index is 2.55. The van der Waals surface area contributed by atoms with Gasteiger partial charge in [0.2, 0.25) is 0 Å². The fourth-order valence-corrected chi connectivity index (χ4v) is 19.9. The van der Waals surface area contributed by atoms with Crippen molar-refractivity contribution in [3.63, 3.8) is 0 Å². The maximum atomic E-state index is 2.55. The first-order valence-corrected chi connectivity index (χ1v) is 28.0. The van der Waals surface area contributed by atoms with Crippen LogP contribution < -0.4 is 0 Å². The molecule has 336 valence electrons. The largest absolute Gasteiger partial charge is 0.0810 e. The molecule has 70 heavy (non-hydrogen) atoms. The molecule has 0 saturated heterocycles. The number of allylic oxidation sites excluding steroid dienone is 16. The van der Waals surface area contributed by atoms with Crippen molar-refractivity contribution >= 4 is 32.3 Å². The second-order valence-electron chi connectivity index (χ2n) is 25.2. The Balaban J connectivity index is 0.0000000754. The van der Waals surface area contributed by atoms with Crippen LogP contribution in [0.25, 0.3) is 32.3 Å². The normalized spacial score (nSPS) is 35.5. The van der Waals surface area contributed by atoms with E-state index in [1.807, 2.05) is 0 Å². The molecule has 0 unspecified atom stereocenters. The van der Waals surface area contributed by atoms with Gasteiger partial charge in [0.1, 0.15) is 0 Å². The minimum Gasteiger partial charge on any atom is -0.0810 e. The molecule has 23 rings (SSSR count). The number of fused-ring (bicyclic) bond motifs is 20. The molecule has 17 aliphatic rings. The molecule has 0 nitrogen and oxygen atoms in total. The summed E-state index contributed by atoms with van der Waals surface area (Å²) in [5.41, 5.74) is 30.9. The molecule has 0 aromatic heterocycles. The molecule has 0 aliphatic heterocycles. The zero-order valence-electron chi connectivity index (χ0n) is 39.9. The molecule has 0 radical (unpaired) electrons. The van der Waals surface area contributed by atoms with E-state index in [1.54, 1.807) is 132 Å². The molecule has 0 fully saturated rings. The first-order valence-electron chi connectivity index (χ1n) is 28.0. The third-order valence-corrected chi connectivity index (χ3v) is 22.2. The van der Waals surface area contributed by atoms with Gasteiger partial charge in [-0.1, -0.05) is 134 Å². The fraction of sp³-hybridized carbons (Fsp3) is 0.343. The molecule has 12 atom stereocenters. The monoisotopic (exact) mass is 896 g/mol. The molecule has 0 heteroatoms. The Kier molecular flexibility index (Phi) is 6.52. The lowest BCUT2D eigenvalue weighted by molar-refractivity contribution is 0.693. The van der Waals surface area contributed by atoms with Gasteiger partial charge in [0.15, 0.2) is 0 Å². The number of hydrogen-bond acceptors (Lipinski definition) is 0. The molecule has 8 bridgehead atoms. The third-order valence-electron chi connectivity index (χ3n) is 22.2. The molecular weight excluding hydrogens is 841 g/mol. The highest BCUT2D eigenvalue weighted by Crippen LogP contribution is 2.68. The van der Waals surface area contributed by atoms with Gasteiger partial charge in [0.25, 0.3) is 0 Å². The molecule has 0 N–H and O–H groups in total. The van der Waals surface area contributed by atoms with Gasteiger partial charge < -0.3 is 0 Å². The minimum atomic E-state index is 0.727. The highest BCUT2D eigenvalue weighted by molar-refractivity contribution is 6.33. The lowest BCUT2D eigenvalue weighted by atomic mass is 9.76. The Morgan fingerprint density at radius 2 is 0.343 bits per heavy atom. The van der Waals surface area contributed by atoms with Crippen LogP contribution in [0, 0.1) is 11.8 Å². The second-order valence-corrected chi connectivity index (χ2v) is 25.2. The molecule has 0 heterocycles. The summed E-state index contributed by atoms with van der Waals surface area (Å²) >= 11 is 0. The van der Waals surface area contributed by atoms with Crippen LogP contribution in [0.5, 0.6) is 0 Å². The summed E-state index contributed by atoms with van der Waals surface area (Å²) in [6.07, 6.45) is 52.5. The van der Waals surface area contributed by atoms with Crippen LogP contribution in [0.4, 0.5) is 0 Å². The molecule has 0 saturated carbocycles. The highest BCUT2D eigenvalue weighted by Gasteiger charge is 2.52. The van der Waals surface area contributed by atoms with Crippen LogP contribution in [0.15, 0.2) is 134 Å². The van der Waals surface area contributed by atoms with Crippen molar-refractivity contribution in [1.29, 1.82) is 0 Å². The third kappa shape index (κ3) is 4.25. The van der Waals surface area contributed by atoms with Gasteiger partial charge in [0, 0.05) is 71.0 Å². The Bertz CT molecular complexity index is 3160. The lowest BCUT2D eigenvalue weighted by Gasteiger charge is -2.28. The summed E-state index contributed by atoms with van der Waals surface area (Å²) < 4.78 is 0. The minimum absolute atomic E-state index is 0.727. The average molecular weight is 897 g/mol. The van der Waals surface area contributed by atoms with E-state index >= 15 is 0 Å². The van der Waals surface area contributed by atoms with Crippen molar-refractivity contribution in [2.75, 3.05) is 0 Å². The summed E-state index contributed by atoms with van der Waals surface area (Å²) in [6, 6.07) is 14.3. The quantitative estimate of drug-likeness (QED) is 0.105. The average Bonchev–Trinajstić information content (AvgIpc) is 4.23.